The first-order valence-electron chi connectivity index (χ1n) is 6.56. The van der Waals surface area contributed by atoms with Gasteiger partial charge in [-0.15, -0.1) is 0 Å². The van der Waals surface area contributed by atoms with E-state index < -0.39 is 15.8 Å². The molecule has 5 heteroatoms. The van der Waals surface area contributed by atoms with Gasteiger partial charge in [0, 0.05) is 0 Å². The highest BCUT2D eigenvalue weighted by Crippen LogP contribution is 2.29. The number of rotatable bonds is 5. The summed E-state index contributed by atoms with van der Waals surface area (Å²) in [7, 11) is -3.50. The van der Waals surface area contributed by atoms with Gasteiger partial charge in [0.2, 0.25) is 0 Å². The van der Waals surface area contributed by atoms with Crippen molar-refractivity contribution in [2.45, 2.75) is 37.0 Å². The quantitative estimate of drug-likeness (QED) is 0.901. The maximum absolute atomic E-state index is 12.3. The maximum Gasteiger partial charge on any atom is 0.337 e. The lowest BCUT2D eigenvalue weighted by Crippen LogP contribution is -2.14. The molecule has 104 valence electrons. The van der Waals surface area contributed by atoms with Crippen molar-refractivity contribution in [3.8, 4) is 0 Å². The van der Waals surface area contributed by atoms with E-state index in [1.807, 2.05) is 0 Å². The highest BCUT2D eigenvalue weighted by molar-refractivity contribution is 7.91. The molecule has 1 N–H and O–H groups in total. The zero-order chi connectivity index (χ0) is 13.9. The van der Waals surface area contributed by atoms with Crippen molar-refractivity contribution in [3.63, 3.8) is 0 Å². The summed E-state index contributed by atoms with van der Waals surface area (Å²) in [6.07, 6.45) is 5.18. The molecule has 0 unspecified atom stereocenters. The van der Waals surface area contributed by atoms with E-state index in [2.05, 4.69) is 0 Å². The fourth-order valence-corrected chi connectivity index (χ4v) is 4.29. The number of carboxylic acids is 1. The molecule has 0 heterocycles. The molecule has 1 aliphatic carbocycles. The van der Waals surface area contributed by atoms with Gasteiger partial charge in [-0.2, -0.15) is 0 Å². The largest absolute Gasteiger partial charge is 0.478 e. The second-order valence-electron chi connectivity index (χ2n) is 5.06. The first kappa shape index (κ1) is 14.1. The third-order valence-corrected chi connectivity index (χ3v) is 5.52. The zero-order valence-electron chi connectivity index (χ0n) is 10.7. The van der Waals surface area contributed by atoms with E-state index >= 15 is 0 Å². The SMILES string of the molecule is O=C(O)c1ccccc1S(=O)(=O)CCC1CCCC1. The predicted octanol–water partition coefficient (Wildman–Crippen LogP) is 2.74. The molecular formula is C14H18O4S. The fraction of sp³-hybridized carbons (Fsp3) is 0.500. The number of carboxylic acid groups (broad SMARTS) is 1. The van der Waals surface area contributed by atoms with E-state index in [1.165, 1.54) is 25.0 Å². The summed E-state index contributed by atoms with van der Waals surface area (Å²) in [4.78, 5) is 11.0. The lowest BCUT2D eigenvalue weighted by atomic mass is 10.1. The summed E-state index contributed by atoms with van der Waals surface area (Å²) in [6, 6.07) is 5.83. The summed E-state index contributed by atoms with van der Waals surface area (Å²) in [5.41, 5.74) is -0.131. The molecule has 1 aromatic rings. The minimum Gasteiger partial charge on any atom is -0.478 e. The summed E-state index contributed by atoms with van der Waals surface area (Å²) >= 11 is 0. The second-order valence-corrected chi connectivity index (χ2v) is 7.14. The van der Waals surface area contributed by atoms with Crippen molar-refractivity contribution in [2.24, 2.45) is 5.92 Å². The van der Waals surface area contributed by atoms with Crippen molar-refractivity contribution in [1.29, 1.82) is 0 Å². The Morgan fingerprint density at radius 3 is 2.47 bits per heavy atom. The van der Waals surface area contributed by atoms with Crippen LogP contribution in [-0.2, 0) is 9.84 Å². The Kier molecular flexibility index (Phi) is 4.24. The number of benzene rings is 1. The van der Waals surface area contributed by atoms with Crippen LogP contribution in [0.15, 0.2) is 29.2 Å². The van der Waals surface area contributed by atoms with Gasteiger partial charge in [-0.1, -0.05) is 37.8 Å². The Morgan fingerprint density at radius 1 is 1.21 bits per heavy atom. The molecule has 1 fully saturated rings. The van der Waals surface area contributed by atoms with Crippen molar-refractivity contribution < 1.29 is 18.3 Å². The Bertz CT molecular complexity index is 557. The van der Waals surface area contributed by atoms with Gasteiger partial charge in [0.1, 0.15) is 0 Å². The van der Waals surface area contributed by atoms with Crippen LogP contribution in [0.25, 0.3) is 0 Å². The van der Waals surface area contributed by atoms with Crippen molar-refractivity contribution in [3.05, 3.63) is 29.8 Å². The molecule has 19 heavy (non-hydrogen) atoms. The van der Waals surface area contributed by atoms with E-state index in [4.69, 9.17) is 5.11 Å². The molecule has 0 atom stereocenters. The highest BCUT2D eigenvalue weighted by Gasteiger charge is 2.24. The van der Waals surface area contributed by atoms with Gasteiger partial charge in [-0.3, -0.25) is 0 Å². The minimum absolute atomic E-state index is 0.0436. The van der Waals surface area contributed by atoms with Gasteiger partial charge >= 0.3 is 5.97 Å². The van der Waals surface area contributed by atoms with Gasteiger partial charge in [-0.05, 0) is 24.5 Å². The molecule has 1 aromatic carbocycles. The second kappa shape index (κ2) is 5.74. The van der Waals surface area contributed by atoms with Crippen LogP contribution >= 0.6 is 0 Å². The normalized spacial score (nSPS) is 16.6. The first-order valence-corrected chi connectivity index (χ1v) is 8.21. The third kappa shape index (κ3) is 3.35. The third-order valence-electron chi connectivity index (χ3n) is 3.72. The molecule has 0 spiro atoms. The molecule has 0 saturated heterocycles. The van der Waals surface area contributed by atoms with Crippen molar-refractivity contribution >= 4 is 15.8 Å². The van der Waals surface area contributed by atoms with E-state index in [0.29, 0.717) is 12.3 Å². The van der Waals surface area contributed by atoms with Crippen LogP contribution in [0.5, 0.6) is 0 Å². The van der Waals surface area contributed by atoms with Crippen LogP contribution in [0, 0.1) is 5.92 Å². The summed E-state index contributed by atoms with van der Waals surface area (Å²) in [5, 5.41) is 9.04. The van der Waals surface area contributed by atoms with E-state index in [1.54, 1.807) is 12.1 Å². The molecule has 0 amide bonds. The molecule has 0 bridgehead atoms. The Hall–Kier alpha value is -1.36. The minimum atomic E-state index is -3.50. The summed E-state index contributed by atoms with van der Waals surface area (Å²) < 4.78 is 24.5. The molecule has 2 rings (SSSR count). The van der Waals surface area contributed by atoms with Crippen LogP contribution in [0.1, 0.15) is 42.5 Å². The monoisotopic (exact) mass is 282 g/mol. The van der Waals surface area contributed by atoms with Gasteiger partial charge in [0.05, 0.1) is 16.2 Å². The molecule has 1 aliphatic rings. The predicted molar refractivity (Wildman–Crippen MR) is 72.0 cm³/mol. The number of aromatic carboxylic acids is 1. The average Bonchev–Trinajstić information content (AvgIpc) is 2.89. The molecule has 0 aromatic heterocycles. The summed E-state index contributed by atoms with van der Waals surface area (Å²) in [6.45, 7) is 0. The van der Waals surface area contributed by atoms with Crippen LogP contribution in [-0.4, -0.2) is 25.2 Å². The molecule has 1 saturated carbocycles. The number of sulfone groups is 1. The zero-order valence-corrected chi connectivity index (χ0v) is 11.5. The number of carbonyl (C=O) groups is 1. The van der Waals surface area contributed by atoms with Gasteiger partial charge in [0.25, 0.3) is 0 Å². The standard InChI is InChI=1S/C14H18O4S/c15-14(16)12-7-3-4-8-13(12)19(17,18)10-9-11-5-1-2-6-11/h3-4,7-8,11H,1-2,5-6,9-10H2,(H,15,16). The van der Waals surface area contributed by atoms with Crippen LogP contribution in [0.2, 0.25) is 0 Å². The molecule has 4 nitrogen and oxygen atoms in total. The average molecular weight is 282 g/mol. The van der Waals surface area contributed by atoms with Crippen LogP contribution in [0.3, 0.4) is 0 Å². The first-order chi connectivity index (χ1) is 9.00. The van der Waals surface area contributed by atoms with E-state index in [0.717, 1.165) is 12.8 Å². The number of hydrogen-bond acceptors (Lipinski definition) is 3. The van der Waals surface area contributed by atoms with Crippen molar-refractivity contribution in [1.82, 2.24) is 0 Å². The molecular weight excluding hydrogens is 264 g/mol. The lowest BCUT2D eigenvalue weighted by molar-refractivity contribution is 0.0692. The van der Waals surface area contributed by atoms with E-state index in [9.17, 15) is 13.2 Å². The maximum atomic E-state index is 12.3. The Balaban J connectivity index is 2.17. The van der Waals surface area contributed by atoms with Gasteiger partial charge in [-0.25, -0.2) is 13.2 Å². The summed E-state index contributed by atoms with van der Waals surface area (Å²) in [5.74, 6) is -0.672. The smallest absolute Gasteiger partial charge is 0.337 e. The highest BCUT2D eigenvalue weighted by atomic mass is 32.2. The van der Waals surface area contributed by atoms with Gasteiger partial charge in [0.15, 0.2) is 9.84 Å². The topological polar surface area (TPSA) is 71.4 Å². The van der Waals surface area contributed by atoms with Crippen LogP contribution in [0.4, 0.5) is 0 Å². The lowest BCUT2D eigenvalue weighted by Gasteiger charge is -2.11. The van der Waals surface area contributed by atoms with Crippen LogP contribution < -0.4 is 0 Å². The Labute approximate surface area is 113 Å². The molecule has 0 aliphatic heterocycles. The van der Waals surface area contributed by atoms with E-state index in [-0.39, 0.29) is 16.2 Å². The van der Waals surface area contributed by atoms with Gasteiger partial charge < -0.3 is 5.11 Å². The Morgan fingerprint density at radius 2 is 1.84 bits per heavy atom. The fourth-order valence-electron chi connectivity index (χ4n) is 2.65. The number of hydrogen-bond donors (Lipinski definition) is 1. The van der Waals surface area contributed by atoms with Crippen molar-refractivity contribution in [2.75, 3.05) is 5.75 Å². The molecule has 0 radical (unpaired) electrons.